The number of thiocarbonyl (C=S) groups is 1. The molecule has 2 N–H and O–H groups in total. The molecule has 1 fully saturated rings. The van der Waals surface area contributed by atoms with Crippen LogP contribution in [0.5, 0.6) is 0 Å². The number of hydrogen-bond acceptors (Lipinski definition) is 3. The predicted molar refractivity (Wildman–Crippen MR) is 102 cm³/mol. The molecular weight excluding hydrogens is 348 g/mol. The van der Waals surface area contributed by atoms with Crippen molar-refractivity contribution in [2.75, 3.05) is 25.0 Å². The fraction of sp³-hybridized carbons (Fsp3) is 0.588. The zero-order chi connectivity index (χ0) is 17.4. The van der Waals surface area contributed by atoms with Gasteiger partial charge in [-0.2, -0.15) is 8.78 Å². The molecule has 1 aliphatic rings. The number of nitrogens with zero attached hydrogens (tertiary/aromatic N) is 1. The predicted octanol–water partition coefficient (Wildman–Crippen LogP) is 4.55. The van der Waals surface area contributed by atoms with Gasteiger partial charge in [0.05, 0.1) is 0 Å². The molecule has 1 saturated heterocycles. The van der Waals surface area contributed by atoms with Gasteiger partial charge in [-0.15, -0.1) is 0 Å². The monoisotopic (exact) mass is 373 g/mol. The normalized spacial score (nSPS) is 18.6. The fourth-order valence-electron chi connectivity index (χ4n) is 2.87. The molecule has 1 aromatic rings. The summed E-state index contributed by atoms with van der Waals surface area (Å²) in [5.74, 6) is -2.39. The summed E-state index contributed by atoms with van der Waals surface area (Å²) in [7, 11) is 0. The van der Waals surface area contributed by atoms with Crippen LogP contribution >= 0.6 is 24.0 Å². The number of alkyl halides is 2. The van der Waals surface area contributed by atoms with Gasteiger partial charge in [-0.25, -0.2) is 0 Å². The lowest BCUT2D eigenvalue weighted by molar-refractivity contribution is 0.159. The third-order valence-electron chi connectivity index (χ3n) is 4.19. The van der Waals surface area contributed by atoms with Crippen LogP contribution in [0.15, 0.2) is 29.2 Å². The number of nitrogens with one attached hydrogen (secondary N) is 2. The highest BCUT2D eigenvalue weighted by molar-refractivity contribution is 7.99. The summed E-state index contributed by atoms with van der Waals surface area (Å²) in [5.41, 5.74) is 0.802. The van der Waals surface area contributed by atoms with Gasteiger partial charge in [0, 0.05) is 29.7 Å². The minimum Gasteiger partial charge on any atom is -0.362 e. The average Bonchev–Trinajstić information content (AvgIpc) is 2.54. The first kappa shape index (κ1) is 19.4. The second-order valence-corrected chi connectivity index (χ2v) is 7.49. The van der Waals surface area contributed by atoms with Crippen molar-refractivity contribution < 1.29 is 8.78 Å². The number of benzene rings is 1. The van der Waals surface area contributed by atoms with Crippen LogP contribution in [0.3, 0.4) is 0 Å². The maximum absolute atomic E-state index is 12.3. The largest absolute Gasteiger partial charge is 0.362 e. The molecule has 0 spiro atoms. The zero-order valence-corrected chi connectivity index (χ0v) is 15.6. The first-order valence-corrected chi connectivity index (χ1v) is 9.67. The van der Waals surface area contributed by atoms with E-state index < -0.39 is 5.76 Å². The molecule has 24 heavy (non-hydrogen) atoms. The molecule has 1 aliphatic heterocycles. The molecule has 2 rings (SSSR count). The molecule has 1 aromatic carbocycles. The molecule has 1 atom stereocenters. The van der Waals surface area contributed by atoms with E-state index >= 15 is 0 Å². The lowest BCUT2D eigenvalue weighted by Crippen LogP contribution is -2.39. The van der Waals surface area contributed by atoms with Gasteiger partial charge < -0.3 is 15.5 Å². The van der Waals surface area contributed by atoms with Gasteiger partial charge in [0.15, 0.2) is 5.11 Å². The Morgan fingerprint density at radius 2 is 2.08 bits per heavy atom. The molecule has 7 heteroatoms. The standard InChI is InChI=1S/C17H25F2N3S2/c1-13-5-2-3-11-22(13)12-4-10-20-17(23)21-14-6-8-15(9-7-14)24-16(18)19/h6-9,13,16H,2-5,10-12H2,1H3,(H2,20,21,23)/t13-/m0/s1. The molecule has 0 aliphatic carbocycles. The van der Waals surface area contributed by atoms with Crippen LogP contribution in [0.25, 0.3) is 0 Å². The molecule has 0 saturated carbocycles. The highest BCUT2D eigenvalue weighted by Gasteiger charge is 2.17. The van der Waals surface area contributed by atoms with Crippen molar-refractivity contribution in [1.82, 2.24) is 10.2 Å². The van der Waals surface area contributed by atoms with Crippen molar-refractivity contribution in [1.29, 1.82) is 0 Å². The highest BCUT2D eigenvalue weighted by Crippen LogP contribution is 2.26. The second kappa shape index (κ2) is 10.2. The summed E-state index contributed by atoms with van der Waals surface area (Å²) in [5, 5.41) is 6.85. The molecule has 134 valence electrons. The molecule has 0 radical (unpaired) electrons. The first-order chi connectivity index (χ1) is 11.5. The summed E-state index contributed by atoms with van der Waals surface area (Å²) < 4.78 is 24.6. The van der Waals surface area contributed by atoms with Crippen LogP contribution in [-0.2, 0) is 0 Å². The van der Waals surface area contributed by atoms with Crippen LogP contribution in [0.2, 0.25) is 0 Å². The van der Waals surface area contributed by atoms with Crippen LogP contribution in [0.1, 0.15) is 32.6 Å². The minimum atomic E-state index is -2.39. The van der Waals surface area contributed by atoms with Crippen molar-refractivity contribution in [3.8, 4) is 0 Å². The highest BCUT2D eigenvalue weighted by atomic mass is 32.2. The third kappa shape index (κ3) is 6.91. The Morgan fingerprint density at radius 1 is 1.33 bits per heavy atom. The van der Waals surface area contributed by atoms with Crippen molar-refractivity contribution in [2.45, 2.75) is 49.3 Å². The van der Waals surface area contributed by atoms with Gasteiger partial charge in [-0.3, -0.25) is 0 Å². The fourth-order valence-corrected chi connectivity index (χ4v) is 3.59. The second-order valence-electron chi connectivity index (χ2n) is 6.02. The summed E-state index contributed by atoms with van der Waals surface area (Å²) in [6.07, 6.45) is 5.00. The van der Waals surface area contributed by atoms with E-state index in [0.29, 0.717) is 27.8 Å². The molecule has 0 unspecified atom stereocenters. The Balaban J connectivity index is 1.64. The number of piperidine rings is 1. The van der Waals surface area contributed by atoms with Crippen molar-refractivity contribution in [2.24, 2.45) is 0 Å². The van der Waals surface area contributed by atoms with Crippen molar-refractivity contribution in [3.63, 3.8) is 0 Å². The van der Waals surface area contributed by atoms with Crippen molar-refractivity contribution >= 4 is 34.8 Å². The molecule has 3 nitrogen and oxygen atoms in total. The van der Waals surface area contributed by atoms with Gasteiger partial charge in [0.25, 0.3) is 5.76 Å². The van der Waals surface area contributed by atoms with Crippen molar-refractivity contribution in [3.05, 3.63) is 24.3 Å². The number of likely N-dealkylation sites (tertiary alicyclic amines) is 1. The maximum Gasteiger partial charge on any atom is 0.288 e. The zero-order valence-electron chi connectivity index (χ0n) is 13.9. The Labute approximate surface area is 152 Å². The number of thioether (sulfide) groups is 1. The van der Waals surface area contributed by atoms with E-state index in [1.165, 1.54) is 25.8 Å². The van der Waals surface area contributed by atoms with E-state index in [9.17, 15) is 8.78 Å². The smallest absolute Gasteiger partial charge is 0.288 e. The Hall–Kier alpha value is -0.920. The van der Waals surface area contributed by atoms with Crippen LogP contribution < -0.4 is 10.6 Å². The van der Waals surface area contributed by atoms with Gasteiger partial charge in [0.1, 0.15) is 0 Å². The van der Waals surface area contributed by atoms with E-state index in [0.717, 1.165) is 25.2 Å². The number of anilines is 1. The minimum absolute atomic E-state index is 0.542. The Bertz CT molecular complexity index is 511. The summed E-state index contributed by atoms with van der Waals surface area (Å²) in [6.45, 7) is 5.42. The van der Waals surface area contributed by atoms with Gasteiger partial charge in [-0.1, -0.05) is 18.2 Å². The number of rotatable bonds is 7. The van der Waals surface area contributed by atoms with E-state index in [4.69, 9.17) is 12.2 Å². The van der Waals surface area contributed by atoms with E-state index in [1.54, 1.807) is 24.3 Å². The van der Waals surface area contributed by atoms with Crippen LogP contribution in [0, 0.1) is 0 Å². The van der Waals surface area contributed by atoms with Crippen LogP contribution in [-0.4, -0.2) is 41.4 Å². The lowest BCUT2D eigenvalue weighted by Gasteiger charge is -2.33. The van der Waals surface area contributed by atoms with Gasteiger partial charge >= 0.3 is 0 Å². The molecule has 1 heterocycles. The van der Waals surface area contributed by atoms with Crippen LogP contribution in [0.4, 0.5) is 14.5 Å². The average molecular weight is 374 g/mol. The third-order valence-corrected chi connectivity index (χ3v) is 5.15. The number of halogens is 2. The van der Waals surface area contributed by atoms with Gasteiger partial charge in [-0.05, 0) is 69.2 Å². The molecule has 0 amide bonds. The molecule has 0 aromatic heterocycles. The maximum atomic E-state index is 12.3. The van der Waals surface area contributed by atoms with Gasteiger partial charge in [0.2, 0.25) is 0 Å². The van der Waals surface area contributed by atoms with E-state index in [-0.39, 0.29) is 0 Å². The first-order valence-electron chi connectivity index (χ1n) is 8.38. The van der Waals surface area contributed by atoms with E-state index in [2.05, 4.69) is 22.5 Å². The Morgan fingerprint density at radius 3 is 2.75 bits per heavy atom. The molecule has 0 bridgehead atoms. The lowest BCUT2D eigenvalue weighted by atomic mass is 10.0. The topological polar surface area (TPSA) is 27.3 Å². The SMILES string of the molecule is C[C@H]1CCCCN1CCCNC(=S)Nc1ccc(SC(F)F)cc1. The van der Waals surface area contributed by atoms with E-state index in [1.807, 2.05) is 0 Å². The number of hydrogen-bond donors (Lipinski definition) is 2. The summed E-state index contributed by atoms with van der Waals surface area (Å²) in [6, 6.07) is 7.54. The summed E-state index contributed by atoms with van der Waals surface area (Å²) in [4.78, 5) is 3.09. The Kier molecular flexibility index (Phi) is 8.21. The summed E-state index contributed by atoms with van der Waals surface area (Å²) >= 11 is 5.81. The molecular formula is C17H25F2N3S2. The quantitative estimate of drug-likeness (QED) is 0.415.